The Morgan fingerprint density at radius 1 is 0.972 bits per heavy atom. The summed E-state index contributed by atoms with van der Waals surface area (Å²) < 4.78 is 11.9. The molecule has 3 aromatic carbocycles. The van der Waals surface area contributed by atoms with E-state index >= 15 is 0 Å². The third kappa shape index (κ3) is 5.69. The van der Waals surface area contributed by atoms with E-state index in [-0.39, 0.29) is 5.91 Å². The van der Waals surface area contributed by atoms with Gasteiger partial charge in [0.25, 0.3) is 5.91 Å². The fraction of sp³-hybridized carbons (Fsp3) is 0.310. The minimum absolute atomic E-state index is 0.113. The van der Waals surface area contributed by atoms with Gasteiger partial charge in [0, 0.05) is 43.8 Å². The van der Waals surface area contributed by atoms with Crippen molar-refractivity contribution in [1.29, 1.82) is 0 Å². The second kappa shape index (κ2) is 11.5. The van der Waals surface area contributed by atoms with Crippen LogP contribution in [0.4, 0.5) is 11.5 Å². The smallest absolute Gasteiger partial charge is 0.265 e. The highest BCUT2D eigenvalue weighted by Gasteiger charge is 2.22. The van der Waals surface area contributed by atoms with Gasteiger partial charge in [0.2, 0.25) is 0 Å². The van der Waals surface area contributed by atoms with Gasteiger partial charge in [0.15, 0.2) is 6.10 Å². The predicted octanol–water partition coefficient (Wildman–Crippen LogP) is 5.46. The summed E-state index contributed by atoms with van der Waals surface area (Å²) in [5.74, 6) is 1.71. The van der Waals surface area contributed by atoms with Crippen molar-refractivity contribution < 1.29 is 9.53 Å². The summed E-state index contributed by atoms with van der Waals surface area (Å²) in [4.78, 5) is 17.9. The number of benzene rings is 3. The maximum absolute atomic E-state index is 13.0. The fourth-order valence-electron chi connectivity index (χ4n) is 4.62. The topological polar surface area (TPSA) is 57.7 Å². The SMILES string of the molecule is CCC(Oc1ccccc1)C(=O)Nc1ccccc1CCN1CCN(c2nsc3ccccc23)CC1. The first kappa shape index (κ1) is 24.3. The van der Waals surface area contributed by atoms with E-state index in [1.807, 2.05) is 55.5 Å². The Morgan fingerprint density at radius 2 is 1.69 bits per heavy atom. The molecule has 4 aromatic rings. The molecule has 1 amide bonds. The van der Waals surface area contributed by atoms with E-state index in [2.05, 4.69) is 45.4 Å². The lowest BCUT2D eigenvalue weighted by molar-refractivity contribution is -0.122. The molecule has 1 aliphatic heterocycles. The molecule has 0 bridgehead atoms. The van der Waals surface area contributed by atoms with Crippen LogP contribution in [-0.4, -0.2) is 54.0 Å². The zero-order valence-electron chi connectivity index (χ0n) is 20.6. The summed E-state index contributed by atoms with van der Waals surface area (Å²) in [7, 11) is 0. The molecule has 1 unspecified atom stereocenters. The summed E-state index contributed by atoms with van der Waals surface area (Å²) in [6.07, 6.45) is 0.948. The average Bonchev–Trinajstić information content (AvgIpc) is 3.36. The number of piperazine rings is 1. The van der Waals surface area contributed by atoms with Gasteiger partial charge in [-0.15, -0.1) is 0 Å². The maximum Gasteiger partial charge on any atom is 0.265 e. The molecule has 36 heavy (non-hydrogen) atoms. The van der Waals surface area contributed by atoms with E-state index in [4.69, 9.17) is 9.11 Å². The van der Waals surface area contributed by atoms with Crippen molar-refractivity contribution in [3.8, 4) is 5.75 Å². The fourth-order valence-corrected chi connectivity index (χ4v) is 5.42. The van der Waals surface area contributed by atoms with Crippen LogP contribution in [0.1, 0.15) is 18.9 Å². The largest absolute Gasteiger partial charge is 0.481 e. The van der Waals surface area contributed by atoms with Crippen molar-refractivity contribution in [1.82, 2.24) is 9.27 Å². The monoisotopic (exact) mass is 500 g/mol. The van der Waals surface area contributed by atoms with Crippen molar-refractivity contribution >= 4 is 39.0 Å². The van der Waals surface area contributed by atoms with Gasteiger partial charge in [-0.3, -0.25) is 9.69 Å². The Labute approximate surface area is 216 Å². The van der Waals surface area contributed by atoms with Crippen LogP contribution >= 0.6 is 11.5 Å². The normalized spacial score (nSPS) is 15.1. The second-order valence-corrected chi connectivity index (χ2v) is 9.86. The van der Waals surface area contributed by atoms with Crippen LogP contribution in [-0.2, 0) is 11.2 Å². The molecule has 1 N–H and O–H groups in total. The molecule has 1 saturated heterocycles. The second-order valence-electron chi connectivity index (χ2n) is 9.06. The van der Waals surface area contributed by atoms with E-state index in [0.29, 0.717) is 12.2 Å². The van der Waals surface area contributed by atoms with Gasteiger partial charge in [-0.05, 0) is 60.3 Å². The quantitative estimate of drug-likeness (QED) is 0.331. The van der Waals surface area contributed by atoms with Gasteiger partial charge in [0.05, 0.1) is 4.70 Å². The van der Waals surface area contributed by atoms with Crippen molar-refractivity contribution in [3.63, 3.8) is 0 Å². The summed E-state index contributed by atoms with van der Waals surface area (Å²) >= 11 is 1.58. The van der Waals surface area contributed by atoms with E-state index in [1.54, 1.807) is 11.5 Å². The van der Waals surface area contributed by atoms with Gasteiger partial charge in [-0.2, -0.15) is 4.37 Å². The van der Waals surface area contributed by atoms with Gasteiger partial charge in [0.1, 0.15) is 11.6 Å². The van der Waals surface area contributed by atoms with Gasteiger partial charge in [-0.1, -0.05) is 55.5 Å². The molecule has 1 aromatic heterocycles. The molecular formula is C29H32N4O2S. The molecule has 0 aliphatic carbocycles. The number of para-hydroxylation sites is 2. The third-order valence-electron chi connectivity index (χ3n) is 6.69. The summed E-state index contributed by atoms with van der Waals surface area (Å²) in [6, 6.07) is 26.1. The zero-order chi connectivity index (χ0) is 24.7. The van der Waals surface area contributed by atoms with Crippen LogP contribution < -0.4 is 15.0 Å². The van der Waals surface area contributed by atoms with Gasteiger partial charge >= 0.3 is 0 Å². The number of nitrogens with zero attached hydrogens (tertiary/aromatic N) is 3. The molecule has 5 rings (SSSR count). The summed E-state index contributed by atoms with van der Waals surface area (Å²) in [6.45, 7) is 6.87. The summed E-state index contributed by atoms with van der Waals surface area (Å²) in [5, 5.41) is 4.37. The minimum Gasteiger partial charge on any atom is -0.481 e. The Balaban J connectivity index is 1.16. The van der Waals surface area contributed by atoms with Crippen LogP contribution in [0.5, 0.6) is 5.75 Å². The lowest BCUT2D eigenvalue weighted by Gasteiger charge is -2.35. The molecule has 2 heterocycles. The highest BCUT2D eigenvalue weighted by atomic mass is 32.1. The number of hydrogen-bond donors (Lipinski definition) is 1. The van der Waals surface area contributed by atoms with Crippen molar-refractivity contribution in [2.24, 2.45) is 0 Å². The standard InChI is InChI=1S/C29H32N4O2S/c1-2-26(35-23-11-4-3-5-12-23)29(34)30-25-14-8-6-10-22(25)16-17-32-18-20-33(21-19-32)28-24-13-7-9-15-27(24)36-31-28/h3-15,26H,2,16-21H2,1H3,(H,30,34). The van der Waals surface area contributed by atoms with Crippen molar-refractivity contribution in [3.05, 3.63) is 84.4 Å². The number of aromatic nitrogens is 1. The lowest BCUT2D eigenvalue weighted by Crippen LogP contribution is -2.47. The van der Waals surface area contributed by atoms with E-state index in [0.717, 1.165) is 56.2 Å². The molecule has 0 radical (unpaired) electrons. The van der Waals surface area contributed by atoms with Crippen LogP contribution in [0, 0.1) is 0 Å². The first-order valence-corrected chi connectivity index (χ1v) is 13.4. The Morgan fingerprint density at radius 3 is 2.50 bits per heavy atom. The van der Waals surface area contributed by atoms with Crippen molar-refractivity contribution in [2.45, 2.75) is 25.9 Å². The number of hydrogen-bond acceptors (Lipinski definition) is 6. The lowest BCUT2D eigenvalue weighted by atomic mass is 10.1. The highest BCUT2D eigenvalue weighted by Crippen LogP contribution is 2.30. The molecule has 0 spiro atoms. The molecule has 7 heteroatoms. The Bertz CT molecular complexity index is 1280. The van der Waals surface area contributed by atoms with E-state index in [1.165, 1.54) is 10.1 Å². The predicted molar refractivity (Wildman–Crippen MR) is 148 cm³/mol. The van der Waals surface area contributed by atoms with E-state index < -0.39 is 6.10 Å². The third-order valence-corrected chi connectivity index (χ3v) is 7.50. The Kier molecular flexibility index (Phi) is 7.79. The number of anilines is 2. The first-order chi connectivity index (χ1) is 17.7. The van der Waals surface area contributed by atoms with Gasteiger partial charge < -0.3 is 15.0 Å². The molecule has 6 nitrogen and oxygen atoms in total. The van der Waals surface area contributed by atoms with Crippen LogP contribution in [0.25, 0.3) is 10.1 Å². The number of carbonyl (C=O) groups excluding carboxylic acids is 1. The van der Waals surface area contributed by atoms with Gasteiger partial charge in [-0.25, -0.2) is 0 Å². The minimum atomic E-state index is -0.532. The zero-order valence-corrected chi connectivity index (χ0v) is 21.4. The molecule has 0 saturated carbocycles. The van der Waals surface area contributed by atoms with Crippen LogP contribution in [0.3, 0.4) is 0 Å². The first-order valence-electron chi connectivity index (χ1n) is 12.6. The van der Waals surface area contributed by atoms with Crippen LogP contribution in [0.15, 0.2) is 78.9 Å². The highest BCUT2D eigenvalue weighted by molar-refractivity contribution is 7.13. The van der Waals surface area contributed by atoms with E-state index in [9.17, 15) is 4.79 Å². The van der Waals surface area contributed by atoms with Crippen LogP contribution in [0.2, 0.25) is 0 Å². The molecule has 1 fully saturated rings. The number of fused-ring (bicyclic) bond motifs is 1. The Hall–Kier alpha value is -3.42. The number of ether oxygens (including phenoxy) is 1. The maximum atomic E-state index is 13.0. The molecular weight excluding hydrogens is 468 g/mol. The number of carbonyl (C=O) groups is 1. The molecule has 1 aliphatic rings. The number of rotatable bonds is 9. The molecule has 186 valence electrons. The average molecular weight is 501 g/mol. The number of amides is 1. The molecule has 1 atom stereocenters. The number of nitrogens with one attached hydrogen (secondary N) is 1. The summed E-state index contributed by atoms with van der Waals surface area (Å²) in [5.41, 5.74) is 2.01. The van der Waals surface area contributed by atoms with Crippen molar-refractivity contribution in [2.75, 3.05) is 42.9 Å².